The molecular formula is C49H31N3S. The third-order valence-corrected chi connectivity index (χ3v) is 11.2. The fraction of sp³-hybridized carbons (Fsp3) is 0. The van der Waals surface area contributed by atoms with Crippen LogP contribution < -0.4 is 0 Å². The van der Waals surface area contributed by atoms with E-state index in [2.05, 4.69) is 164 Å². The standard InChI is InChI=1S/C49H31N3S/c1-4-13-32(14-5-1)33-23-26-37(27-24-33)48-50-47(36-17-8-3-9-18-36)51-49(52-48)38-28-25-35-29-30-43-42-22-12-21-41(45(42)53-46(43)44(35)31-38)40-20-11-10-19-39(40)34-15-6-2-7-16-34/h1-31H. The second-order valence-electron chi connectivity index (χ2n) is 13.2. The summed E-state index contributed by atoms with van der Waals surface area (Å²) in [6, 6.07) is 66.3. The molecule has 0 N–H and O–H groups in total. The monoisotopic (exact) mass is 693 g/mol. The van der Waals surface area contributed by atoms with Crippen LogP contribution in [0.1, 0.15) is 0 Å². The van der Waals surface area contributed by atoms with E-state index in [4.69, 9.17) is 15.0 Å². The summed E-state index contributed by atoms with van der Waals surface area (Å²) in [7, 11) is 0. The molecule has 10 aromatic rings. The van der Waals surface area contributed by atoms with E-state index in [9.17, 15) is 0 Å². The number of fused-ring (bicyclic) bond motifs is 5. The van der Waals surface area contributed by atoms with Crippen molar-refractivity contribution >= 4 is 42.3 Å². The molecule has 0 spiro atoms. The molecule has 0 radical (unpaired) electrons. The second kappa shape index (κ2) is 13.1. The Hall–Kier alpha value is -6.75. The summed E-state index contributed by atoms with van der Waals surface area (Å²) in [5, 5.41) is 4.91. The summed E-state index contributed by atoms with van der Waals surface area (Å²) in [4.78, 5) is 15.2. The van der Waals surface area contributed by atoms with Crippen molar-refractivity contribution < 1.29 is 0 Å². The van der Waals surface area contributed by atoms with Crippen molar-refractivity contribution in [1.82, 2.24) is 15.0 Å². The number of rotatable bonds is 6. The average Bonchev–Trinajstić information content (AvgIpc) is 3.64. The van der Waals surface area contributed by atoms with E-state index < -0.39 is 0 Å². The summed E-state index contributed by atoms with van der Waals surface area (Å²) in [5.74, 6) is 1.95. The predicted octanol–water partition coefficient (Wildman–Crippen LogP) is 13.4. The highest BCUT2D eigenvalue weighted by Crippen LogP contribution is 2.45. The van der Waals surface area contributed by atoms with Gasteiger partial charge in [0.2, 0.25) is 0 Å². The molecule has 0 fully saturated rings. The minimum atomic E-state index is 0.648. The first-order valence-electron chi connectivity index (χ1n) is 17.8. The predicted molar refractivity (Wildman–Crippen MR) is 223 cm³/mol. The van der Waals surface area contributed by atoms with E-state index in [1.54, 1.807) is 0 Å². The van der Waals surface area contributed by atoms with Crippen LogP contribution >= 0.6 is 11.3 Å². The first kappa shape index (κ1) is 31.0. The molecule has 4 heteroatoms. The van der Waals surface area contributed by atoms with Gasteiger partial charge >= 0.3 is 0 Å². The molecule has 0 aliphatic heterocycles. The fourth-order valence-corrected chi connectivity index (χ4v) is 8.66. The van der Waals surface area contributed by atoms with Crippen LogP contribution in [0, 0.1) is 0 Å². The molecule has 3 nitrogen and oxygen atoms in total. The van der Waals surface area contributed by atoms with Gasteiger partial charge < -0.3 is 0 Å². The largest absolute Gasteiger partial charge is 0.208 e. The van der Waals surface area contributed by atoms with Crippen LogP contribution in [0.4, 0.5) is 0 Å². The first-order valence-corrected chi connectivity index (χ1v) is 18.6. The van der Waals surface area contributed by atoms with Gasteiger partial charge in [-0.3, -0.25) is 0 Å². The van der Waals surface area contributed by atoms with E-state index in [0.717, 1.165) is 22.3 Å². The molecule has 248 valence electrons. The quantitative estimate of drug-likeness (QED) is 0.174. The van der Waals surface area contributed by atoms with Crippen molar-refractivity contribution in [2.24, 2.45) is 0 Å². The fourth-order valence-electron chi connectivity index (χ4n) is 7.31. The summed E-state index contributed by atoms with van der Waals surface area (Å²) < 4.78 is 2.55. The molecule has 0 aliphatic rings. The highest BCUT2D eigenvalue weighted by atomic mass is 32.1. The summed E-state index contributed by atoms with van der Waals surface area (Å²) in [5.41, 5.74) is 10.1. The van der Waals surface area contributed by atoms with Gasteiger partial charge in [0.25, 0.3) is 0 Å². The lowest BCUT2D eigenvalue weighted by atomic mass is 9.93. The molecule has 8 aromatic carbocycles. The van der Waals surface area contributed by atoms with Crippen LogP contribution in [0.25, 0.3) is 98.5 Å². The Morgan fingerprint density at radius 3 is 1.45 bits per heavy atom. The van der Waals surface area contributed by atoms with Crippen LogP contribution in [0.5, 0.6) is 0 Å². The Kier molecular flexibility index (Phi) is 7.67. The maximum Gasteiger partial charge on any atom is 0.164 e. The lowest BCUT2D eigenvalue weighted by Crippen LogP contribution is -2.00. The summed E-state index contributed by atoms with van der Waals surface area (Å²) in [6.45, 7) is 0. The van der Waals surface area contributed by atoms with Gasteiger partial charge in [-0.1, -0.05) is 182 Å². The Bertz CT molecular complexity index is 2920. The van der Waals surface area contributed by atoms with E-state index in [1.807, 2.05) is 35.6 Å². The zero-order valence-electron chi connectivity index (χ0n) is 28.6. The molecule has 53 heavy (non-hydrogen) atoms. The van der Waals surface area contributed by atoms with Crippen molar-refractivity contribution in [3.8, 4) is 67.5 Å². The Morgan fingerprint density at radius 1 is 0.283 bits per heavy atom. The summed E-state index contributed by atoms with van der Waals surface area (Å²) >= 11 is 1.87. The zero-order chi connectivity index (χ0) is 35.1. The van der Waals surface area contributed by atoms with Crippen LogP contribution in [-0.2, 0) is 0 Å². The molecule has 0 atom stereocenters. The zero-order valence-corrected chi connectivity index (χ0v) is 29.5. The number of benzene rings is 8. The highest BCUT2D eigenvalue weighted by molar-refractivity contribution is 7.27. The number of hydrogen-bond donors (Lipinski definition) is 0. The summed E-state index contributed by atoms with van der Waals surface area (Å²) in [6.07, 6.45) is 0. The first-order chi connectivity index (χ1) is 26.3. The van der Waals surface area contributed by atoms with Crippen LogP contribution in [0.15, 0.2) is 188 Å². The molecule has 0 bridgehead atoms. The van der Waals surface area contributed by atoms with Gasteiger partial charge in [-0.05, 0) is 39.3 Å². The number of hydrogen-bond acceptors (Lipinski definition) is 4. The van der Waals surface area contributed by atoms with Crippen molar-refractivity contribution in [3.05, 3.63) is 188 Å². The van der Waals surface area contributed by atoms with Gasteiger partial charge in [-0.25, -0.2) is 15.0 Å². The Balaban J connectivity index is 1.13. The molecule has 0 unspecified atom stereocenters. The number of thiophene rings is 1. The van der Waals surface area contributed by atoms with Gasteiger partial charge in [-0.15, -0.1) is 11.3 Å². The van der Waals surface area contributed by atoms with E-state index in [1.165, 1.54) is 58.8 Å². The van der Waals surface area contributed by atoms with Gasteiger partial charge in [0.15, 0.2) is 17.5 Å². The number of nitrogens with zero attached hydrogens (tertiary/aromatic N) is 3. The topological polar surface area (TPSA) is 38.7 Å². The van der Waals surface area contributed by atoms with Crippen molar-refractivity contribution in [3.63, 3.8) is 0 Å². The normalized spacial score (nSPS) is 11.4. The lowest BCUT2D eigenvalue weighted by molar-refractivity contribution is 1.07. The molecule has 0 saturated heterocycles. The minimum Gasteiger partial charge on any atom is -0.208 e. The van der Waals surface area contributed by atoms with Crippen LogP contribution in [-0.4, -0.2) is 15.0 Å². The maximum absolute atomic E-state index is 5.10. The van der Waals surface area contributed by atoms with Gasteiger partial charge in [0.05, 0.1) is 0 Å². The van der Waals surface area contributed by atoms with E-state index in [-0.39, 0.29) is 0 Å². The number of aromatic nitrogens is 3. The lowest BCUT2D eigenvalue weighted by Gasteiger charge is -2.11. The Morgan fingerprint density at radius 2 is 0.755 bits per heavy atom. The molecule has 2 aromatic heterocycles. The van der Waals surface area contributed by atoms with Crippen molar-refractivity contribution in [2.45, 2.75) is 0 Å². The second-order valence-corrected chi connectivity index (χ2v) is 14.2. The molecule has 10 rings (SSSR count). The maximum atomic E-state index is 5.10. The van der Waals surface area contributed by atoms with Crippen LogP contribution in [0.2, 0.25) is 0 Å². The molecular weight excluding hydrogens is 663 g/mol. The van der Waals surface area contributed by atoms with Crippen LogP contribution in [0.3, 0.4) is 0 Å². The average molecular weight is 694 g/mol. The molecule has 0 aliphatic carbocycles. The van der Waals surface area contributed by atoms with Gasteiger partial charge in [0, 0.05) is 47.8 Å². The van der Waals surface area contributed by atoms with Crippen molar-refractivity contribution in [2.75, 3.05) is 0 Å². The third-order valence-electron chi connectivity index (χ3n) is 9.96. The van der Waals surface area contributed by atoms with E-state index in [0.29, 0.717) is 17.5 Å². The SMILES string of the molecule is c1ccc(-c2ccc(-c3nc(-c4ccccc4)nc(-c4ccc5ccc6c7cccc(-c8ccccc8-c8ccccc8)c7sc6c5c4)n3)cc2)cc1. The van der Waals surface area contributed by atoms with Gasteiger partial charge in [-0.2, -0.15) is 0 Å². The molecule has 0 amide bonds. The molecule has 2 heterocycles. The smallest absolute Gasteiger partial charge is 0.164 e. The molecule has 0 saturated carbocycles. The Labute approximate surface area is 311 Å². The highest BCUT2D eigenvalue weighted by Gasteiger charge is 2.17. The third kappa shape index (κ3) is 5.66. The minimum absolute atomic E-state index is 0.648. The van der Waals surface area contributed by atoms with Crippen molar-refractivity contribution in [1.29, 1.82) is 0 Å². The van der Waals surface area contributed by atoms with E-state index >= 15 is 0 Å². The van der Waals surface area contributed by atoms with Gasteiger partial charge in [0.1, 0.15) is 0 Å².